The highest BCUT2D eigenvalue weighted by Gasteiger charge is 2.22. The molecule has 0 aliphatic rings. The summed E-state index contributed by atoms with van der Waals surface area (Å²) in [6, 6.07) is 6.54. The molecule has 1 heterocycles. The Balaban J connectivity index is 2.35. The summed E-state index contributed by atoms with van der Waals surface area (Å²) in [5.41, 5.74) is 1.65. The smallest absolute Gasteiger partial charge is 0.241 e. The third-order valence-corrected chi connectivity index (χ3v) is 5.13. The first-order valence-electron chi connectivity index (χ1n) is 7.40. The van der Waals surface area contributed by atoms with Gasteiger partial charge in [-0.1, -0.05) is 6.07 Å². The van der Waals surface area contributed by atoms with Crippen molar-refractivity contribution >= 4 is 33.1 Å². The minimum atomic E-state index is -3.61. The minimum Gasteiger partial charge on any atom is -0.340 e. The van der Waals surface area contributed by atoms with Crippen LogP contribution in [0.5, 0.6) is 0 Å². The number of nitrogens with zero attached hydrogens (tertiary/aromatic N) is 2. The number of hydrogen-bond donors (Lipinski definition) is 2. The SMILES string of the molecule is Cc1nc(Cl)nc(Nc2cccc(S(=O)(=O)NC(C)(C)C)c2)c1C. The number of aromatic nitrogens is 2. The Morgan fingerprint density at radius 2 is 1.79 bits per heavy atom. The molecular formula is C16H21ClN4O2S. The van der Waals surface area contributed by atoms with Gasteiger partial charge in [0, 0.05) is 22.5 Å². The Bertz CT molecular complexity index is 861. The lowest BCUT2D eigenvalue weighted by atomic mass is 10.1. The Hall–Kier alpha value is -1.70. The van der Waals surface area contributed by atoms with Crippen molar-refractivity contribution in [3.05, 3.63) is 40.8 Å². The van der Waals surface area contributed by atoms with Crippen LogP contribution in [-0.4, -0.2) is 23.9 Å². The molecule has 0 saturated carbocycles. The van der Waals surface area contributed by atoms with Gasteiger partial charge in [0.25, 0.3) is 0 Å². The van der Waals surface area contributed by atoms with Crippen molar-refractivity contribution in [3.63, 3.8) is 0 Å². The fourth-order valence-corrected chi connectivity index (χ4v) is 3.73. The lowest BCUT2D eigenvalue weighted by Gasteiger charge is -2.20. The van der Waals surface area contributed by atoms with Gasteiger partial charge >= 0.3 is 0 Å². The Morgan fingerprint density at radius 3 is 2.42 bits per heavy atom. The number of rotatable bonds is 4. The summed E-state index contributed by atoms with van der Waals surface area (Å²) in [5, 5.41) is 3.24. The molecule has 0 spiro atoms. The monoisotopic (exact) mass is 368 g/mol. The molecule has 1 aromatic carbocycles. The van der Waals surface area contributed by atoms with Crippen LogP contribution in [0.2, 0.25) is 5.28 Å². The van der Waals surface area contributed by atoms with Crippen molar-refractivity contribution in [1.29, 1.82) is 0 Å². The second-order valence-electron chi connectivity index (χ2n) is 6.56. The van der Waals surface area contributed by atoms with Crippen LogP contribution in [0.1, 0.15) is 32.0 Å². The fourth-order valence-electron chi connectivity index (χ4n) is 2.06. The molecule has 24 heavy (non-hydrogen) atoms. The summed E-state index contributed by atoms with van der Waals surface area (Å²) in [5.74, 6) is 0.547. The van der Waals surface area contributed by atoms with E-state index in [4.69, 9.17) is 11.6 Å². The summed E-state index contributed by atoms with van der Waals surface area (Å²) in [6.45, 7) is 9.09. The third kappa shape index (κ3) is 4.66. The van der Waals surface area contributed by atoms with Crippen LogP contribution in [0, 0.1) is 13.8 Å². The van der Waals surface area contributed by atoms with Crippen LogP contribution in [0.3, 0.4) is 0 Å². The first kappa shape index (κ1) is 18.6. The molecule has 0 unspecified atom stereocenters. The zero-order chi connectivity index (χ0) is 18.1. The van der Waals surface area contributed by atoms with Gasteiger partial charge in [-0.05, 0) is 64.4 Å². The van der Waals surface area contributed by atoms with E-state index in [0.717, 1.165) is 11.3 Å². The molecule has 8 heteroatoms. The van der Waals surface area contributed by atoms with Gasteiger partial charge < -0.3 is 5.32 Å². The number of nitrogens with one attached hydrogen (secondary N) is 2. The van der Waals surface area contributed by atoms with Crippen molar-refractivity contribution in [2.24, 2.45) is 0 Å². The minimum absolute atomic E-state index is 0.138. The van der Waals surface area contributed by atoms with E-state index >= 15 is 0 Å². The third-order valence-electron chi connectivity index (χ3n) is 3.21. The zero-order valence-electron chi connectivity index (χ0n) is 14.3. The Kier molecular flexibility index (Phi) is 5.17. The van der Waals surface area contributed by atoms with Crippen LogP contribution in [0.15, 0.2) is 29.2 Å². The molecule has 0 amide bonds. The lowest BCUT2D eigenvalue weighted by molar-refractivity contribution is 0.491. The van der Waals surface area contributed by atoms with Crippen molar-refractivity contribution < 1.29 is 8.42 Å². The number of sulfonamides is 1. The summed E-state index contributed by atoms with van der Waals surface area (Å²) < 4.78 is 27.5. The van der Waals surface area contributed by atoms with Gasteiger partial charge in [0.1, 0.15) is 5.82 Å². The van der Waals surface area contributed by atoms with Crippen molar-refractivity contribution in [3.8, 4) is 0 Å². The Labute approximate surface area is 147 Å². The molecule has 0 fully saturated rings. The second-order valence-corrected chi connectivity index (χ2v) is 8.58. The zero-order valence-corrected chi connectivity index (χ0v) is 15.9. The van der Waals surface area contributed by atoms with Gasteiger partial charge in [0.2, 0.25) is 15.3 Å². The van der Waals surface area contributed by atoms with Crippen molar-refractivity contribution in [2.45, 2.75) is 45.1 Å². The maximum absolute atomic E-state index is 12.4. The van der Waals surface area contributed by atoms with Crippen molar-refractivity contribution in [1.82, 2.24) is 14.7 Å². The average Bonchev–Trinajstić information content (AvgIpc) is 2.42. The topological polar surface area (TPSA) is 84.0 Å². The van der Waals surface area contributed by atoms with Gasteiger partial charge in [-0.3, -0.25) is 0 Å². The second kappa shape index (κ2) is 6.66. The van der Waals surface area contributed by atoms with Gasteiger partial charge in [-0.15, -0.1) is 0 Å². The molecule has 2 N–H and O–H groups in total. The fraction of sp³-hybridized carbons (Fsp3) is 0.375. The highest BCUT2D eigenvalue weighted by molar-refractivity contribution is 7.89. The van der Waals surface area contributed by atoms with E-state index in [1.54, 1.807) is 45.0 Å². The predicted octanol–water partition coefficient (Wildman–Crippen LogP) is 3.57. The van der Waals surface area contributed by atoms with E-state index in [0.29, 0.717) is 11.5 Å². The summed E-state index contributed by atoms with van der Waals surface area (Å²) in [6.07, 6.45) is 0. The lowest BCUT2D eigenvalue weighted by Crippen LogP contribution is -2.40. The molecule has 0 saturated heterocycles. The molecule has 2 rings (SSSR count). The molecule has 6 nitrogen and oxygen atoms in total. The van der Waals surface area contributed by atoms with E-state index in [-0.39, 0.29) is 10.2 Å². The maximum atomic E-state index is 12.4. The molecular weight excluding hydrogens is 348 g/mol. The van der Waals surface area contributed by atoms with Crippen LogP contribution in [0.4, 0.5) is 11.5 Å². The van der Waals surface area contributed by atoms with Crippen molar-refractivity contribution in [2.75, 3.05) is 5.32 Å². The van der Waals surface area contributed by atoms with Crippen LogP contribution >= 0.6 is 11.6 Å². The van der Waals surface area contributed by atoms with Gasteiger partial charge in [0.05, 0.1) is 4.90 Å². The molecule has 1 aromatic heterocycles. The first-order chi connectivity index (χ1) is 11.0. The van der Waals surface area contributed by atoms with Crippen LogP contribution in [0.25, 0.3) is 0 Å². The van der Waals surface area contributed by atoms with Crippen LogP contribution in [-0.2, 0) is 10.0 Å². The standard InChI is InChI=1S/C16H21ClN4O2S/c1-10-11(2)18-15(17)20-14(10)19-12-7-6-8-13(9-12)24(22,23)21-16(3,4)5/h6-9,21H,1-5H3,(H,18,19,20). The summed E-state index contributed by atoms with van der Waals surface area (Å²) in [4.78, 5) is 8.42. The maximum Gasteiger partial charge on any atom is 0.241 e. The average molecular weight is 369 g/mol. The number of hydrogen-bond acceptors (Lipinski definition) is 5. The van der Waals surface area contributed by atoms with E-state index in [1.165, 1.54) is 0 Å². The number of halogens is 1. The molecule has 2 aromatic rings. The predicted molar refractivity (Wildman–Crippen MR) is 96.3 cm³/mol. The van der Waals surface area contributed by atoms with Gasteiger partial charge in [-0.2, -0.15) is 0 Å². The number of anilines is 2. The molecule has 130 valence electrons. The highest BCUT2D eigenvalue weighted by atomic mass is 35.5. The van der Waals surface area contributed by atoms with E-state index < -0.39 is 15.6 Å². The van der Waals surface area contributed by atoms with E-state index in [2.05, 4.69) is 20.0 Å². The molecule has 0 bridgehead atoms. The molecule has 0 aliphatic heterocycles. The number of aryl methyl sites for hydroxylation is 1. The van der Waals surface area contributed by atoms with Gasteiger partial charge in [0.15, 0.2) is 0 Å². The largest absolute Gasteiger partial charge is 0.340 e. The van der Waals surface area contributed by atoms with E-state index in [9.17, 15) is 8.42 Å². The summed E-state index contributed by atoms with van der Waals surface area (Å²) >= 11 is 5.90. The number of benzene rings is 1. The Morgan fingerprint density at radius 1 is 1.12 bits per heavy atom. The van der Waals surface area contributed by atoms with E-state index in [1.807, 2.05) is 13.8 Å². The molecule has 0 atom stereocenters. The first-order valence-corrected chi connectivity index (χ1v) is 9.26. The molecule has 0 radical (unpaired) electrons. The quantitative estimate of drug-likeness (QED) is 0.806. The molecule has 0 aliphatic carbocycles. The van der Waals surface area contributed by atoms with Crippen LogP contribution < -0.4 is 10.0 Å². The summed E-state index contributed by atoms with van der Waals surface area (Å²) in [7, 11) is -3.61. The normalized spacial score (nSPS) is 12.2. The van der Waals surface area contributed by atoms with Gasteiger partial charge in [-0.25, -0.2) is 23.1 Å². The highest BCUT2D eigenvalue weighted by Crippen LogP contribution is 2.24.